The second kappa shape index (κ2) is 10.4. The van der Waals surface area contributed by atoms with Crippen LogP contribution in [0.15, 0.2) is 88.7 Å². The lowest BCUT2D eigenvalue weighted by molar-refractivity contribution is -0.122. The number of imide groups is 1. The number of rotatable bonds is 6. The highest BCUT2D eigenvalue weighted by molar-refractivity contribution is 8.00. The Balaban J connectivity index is 1.38. The summed E-state index contributed by atoms with van der Waals surface area (Å²) in [5, 5.41) is 2.39. The van der Waals surface area contributed by atoms with Crippen LogP contribution in [-0.2, 0) is 20.9 Å². The number of amides is 3. The number of hydrogen-bond donors (Lipinski definition) is 1. The van der Waals surface area contributed by atoms with E-state index in [1.54, 1.807) is 24.3 Å². The number of nitrogens with zero attached hydrogens (tertiary/aromatic N) is 2. The summed E-state index contributed by atoms with van der Waals surface area (Å²) in [6.45, 7) is -0.293. The fraction of sp³-hybridized carbons (Fsp3) is 0.172. The zero-order valence-corrected chi connectivity index (χ0v) is 22.7. The Bertz CT molecular complexity index is 1670. The highest BCUT2D eigenvalue weighted by Crippen LogP contribution is 2.53. The monoisotopic (exact) mass is 575 g/mol. The van der Waals surface area contributed by atoms with E-state index in [2.05, 4.69) is 5.32 Å². The normalized spacial score (nSPS) is 19.8. The second-order valence-electron chi connectivity index (χ2n) is 9.34. The predicted octanol–water partition coefficient (Wildman–Crippen LogP) is 4.49. The van der Waals surface area contributed by atoms with Gasteiger partial charge in [0.25, 0.3) is 0 Å². The van der Waals surface area contributed by atoms with Crippen molar-refractivity contribution in [2.24, 2.45) is 5.92 Å². The van der Waals surface area contributed by atoms with Gasteiger partial charge in [-0.2, -0.15) is 0 Å². The molecule has 2 aliphatic heterocycles. The summed E-state index contributed by atoms with van der Waals surface area (Å²) in [7, 11) is 1.54. The van der Waals surface area contributed by atoms with Crippen molar-refractivity contribution in [1.29, 1.82) is 0 Å². The summed E-state index contributed by atoms with van der Waals surface area (Å²) in [4.78, 5) is 55.2. The van der Waals surface area contributed by atoms with E-state index < -0.39 is 28.8 Å². The van der Waals surface area contributed by atoms with Gasteiger partial charge in [0, 0.05) is 16.5 Å². The summed E-state index contributed by atoms with van der Waals surface area (Å²) in [5.41, 5.74) is 1.64. The lowest BCUT2D eigenvalue weighted by Gasteiger charge is -2.30. The van der Waals surface area contributed by atoms with E-state index in [0.717, 1.165) is 28.7 Å². The van der Waals surface area contributed by atoms with E-state index in [9.17, 15) is 23.6 Å². The largest absolute Gasteiger partial charge is 0.497 e. The Morgan fingerprint density at radius 1 is 0.950 bits per heavy atom. The van der Waals surface area contributed by atoms with Gasteiger partial charge in [0.05, 0.1) is 23.7 Å². The highest BCUT2D eigenvalue weighted by Gasteiger charge is 2.56. The van der Waals surface area contributed by atoms with Gasteiger partial charge in [-0.1, -0.05) is 53.4 Å². The van der Waals surface area contributed by atoms with Crippen molar-refractivity contribution >= 4 is 52.2 Å². The van der Waals surface area contributed by atoms with Crippen LogP contribution >= 0.6 is 23.1 Å². The molecule has 1 N–H and O–H groups in total. The minimum atomic E-state index is -0.785. The average Bonchev–Trinajstić information content (AvgIpc) is 3.41. The van der Waals surface area contributed by atoms with Crippen LogP contribution < -0.4 is 19.8 Å². The van der Waals surface area contributed by atoms with Crippen LogP contribution in [0.3, 0.4) is 0 Å². The number of halogens is 1. The van der Waals surface area contributed by atoms with Gasteiger partial charge in [0.15, 0.2) is 0 Å². The average molecular weight is 576 g/mol. The van der Waals surface area contributed by atoms with E-state index >= 15 is 0 Å². The maximum Gasteiger partial charge on any atom is 0.308 e. The number of nitrogens with one attached hydrogen (secondary N) is 1. The van der Waals surface area contributed by atoms with Gasteiger partial charge in [-0.15, -0.1) is 0 Å². The number of hydrogen-bond acceptors (Lipinski definition) is 7. The number of thioether (sulfide) groups is 1. The lowest BCUT2D eigenvalue weighted by atomic mass is 9.83. The molecule has 0 bridgehead atoms. The van der Waals surface area contributed by atoms with Gasteiger partial charge >= 0.3 is 4.87 Å². The fourth-order valence-electron chi connectivity index (χ4n) is 5.14. The highest BCUT2D eigenvalue weighted by atomic mass is 32.2. The molecule has 1 saturated heterocycles. The standard InChI is InChI=1S/C29H22FN3O5S2/c1-38-20-13-11-19(12-14-20)33-26(35)23-22(16-5-3-2-4-6-16)25-28(39-24(23)27(33)36)32(29(37)40-25)15-21(34)31-18-9-7-17(30)8-10-18/h2-14,22-24H,15H2,1H3,(H,31,34)/t22-,23?,24?/m1/s1. The zero-order valence-electron chi connectivity index (χ0n) is 21.1. The molecule has 0 spiro atoms. The van der Waals surface area contributed by atoms with Gasteiger partial charge in [-0.3, -0.25) is 23.7 Å². The third-order valence-corrected chi connectivity index (χ3v) is 9.57. The number of aromatic nitrogens is 1. The maximum absolute atomic E-state index is 13.9. The van der Waals surface area contributed by atoms with E-state index in [4.69, 9.17) is 4.74 Å². The number of carbonyl (C=O) groups excluding carboxylic acids is 3. The minimum absolute atomic E-state index is 0.293. The maximum atomic E-state index is 13.9. The first-order valence-corrected chi connectivity index (χ1v) is 14.1. The molecule has 0 radical (unpaired) electrons. The molecular weight excluding hydrogens is 553 g/mol. The molecular formula is C29H22FN3O5S2. The molecule has 11 heteroatoms. The first kappa shape index (κ1) is 26.0. The number of anilines is 2. The molecule has 0 saturated carbocycles. The fourth-order valence-corrected chi connectivity index (χ4v) is 7.91. The third kappa shape index (κ3) is 4.50. The molecule has 0 aliphatic carbocycles. The van der Waals surface area contributed by atoms with Crippen molar-refractivity contribution < 1.29 is 23.5 Å². The molecule has 3 atom stereocenters. The molecule has 202 valence electrons. The Morgan fingerprint density at radius 3 is 2.33 bits per heavy atom. The van der Waals surface area contributed by atoms with Crippen LogP contribution in [-0.4, -0.2) is 34.6 Å². The molecule has 2 unspecified atom stereocenters. The molecule has 1 fully saturated rings. The van der Waals surface area contributed by atoms with Crippen molar-refractivity contribution in [2.45, 2.75) is 22.7 Å². The van der Waals surface area contributed by atoms with Gasteiger partial charge in [-0.25, -0.2) is 9.29 Å². The first-order chi connectivity index (χ1) is 19.4. The predicted molar refractivity (Wildman–Crippen MR) is 151 cm³/mol. The first-order valence-electron chi connectivity index (χ1n) is 12.4. The molecule has 3 amide bonds. The summed E-state index contributed by atoms with van der Waals surface area (Å²) >= 11 is 2.13. The van der Waals surface area contributed by atoms with Gasteiger partial charge in [0.2, 0.25) is 17.7 Å². The molecule has 2 aliphatic rings. The van der Waals surface area contributed by atoms with E-state index in [1.807, 2.05) is 30.3 Å². The Morgan fingerprint density at radius 2 is 1.65 bits per heavy atom. The second-order valence-corrected chi connectivity index (χ2v) is 11.5. The van der Waals surface area contributed by atoms with Crippen molar-refractivity contribution in [1.82, 2.24) is 4.57 Å². The van der Waals surface area contributed by atoms with E-state index in [0.29, 0.717) is 27.0 Å². The van der Waals surface area contributed by atoms with Gasteiger partial charge < -0.3 is 10.1 Å². The van der Waals surface area contributed by atoms with E-state index in [1.165, 1.54) is 40.8 Å². The number of fused-ring (bicyclic) bond motifs is 2. The molecule has 8 nitrogen and oxygen atoms in total. The van der Waals surface area contributed by atoms with Gasteiger partial charge in [0.1, 0.15) is 23.4 Å². The van der Waals surface area contributed by atoms with Gasteiger partial charge in [-0.05, 0) is 54.1 Å². The molecule has 3 aromatic carbocycles. The number of carbonyl (C=O) groups is 3. The van der Waals surface area contributed by atoms with Crippen LogP contribution in [0.4, 0.5) is 15.8 Å². The SMILES string of the molecule is COc1ccc(N2C(=O)C3Sc4c(sc(=O)n4CC(=O)Nc4ccc(F)cc4)[C@H](c4ccccc4)C3C2=O)cc1. The summed E-state index contributed by atoms with van der Waals surface area (Å²) in [6, 6.07) is 21.3. The zero-order chi connectivity index (χ0) is 28.0. The smallest absolute Gasteiger partial charge is 0.308 e. The number of ether oxygens (including phenoxy) is 1. The topological polar surface area (TPSA) is 97.7 Å². The third-order valence-electron chi connectivity index (χ3n) is 6.97. The van der Waals surface area contributed by atoms with Crippen molar-refractivity contribution in [3.63, 3.8) is 0 Å². The Labute approximate surface area is 236 Å². The minimum Gasteiger partial charge on any atom is -0.497 e. The van der Waals surface area contributed by atoms with Crippen molar-refractivity contribution in [2.75, 3.05) is 17.3 Å². The number of benzene rings is 3. The summed E-state index contributed by atoms with van der Waals surface area (Å²) in [6.07, 6.45) is 0. The van der Waals surface area contributed by atoms with Crippen LogP contribution in [0.2, 0.25) is 0 Å². The molecule has 4 aromatic rings. The Hall–Kier alpha value is -4.22. The number of methoxy groups -OCH3 is 1. The van der Waals surface area contributed by atoms with Crippen molar-refractivity contribution in [3.8, 4) is 5.75 Å². The van der Waals surface area contributed by atoms with Crippen LogP contribution in [0.5, 0.6) is 5.75 Å². The van der Waals surface area contributed by atoms with E-state index in [-0.39, 0.29) is 23.2 Å². The molecule has 3 heterocycles. The quantitative estimate of drug-likeness (QED) is 0.340. The van der Waals surface area contributed by atoms with Crippen molar-refractivity contribution in [3.05, 3.63) is 105 Å². The summed E-state index contributed by atoms with van der Waals surface area (Å²) < 4.78 is 19.8. The molecule has 1 aromatic heterocycles. The number of thiazole rings is 1. The summed E-state index contributed by atoms with van der Waals surface area (Å²) in [5.74, 6) is -2.29. The molecule has 6 rings (SSSR count). The molecule has 40 heavy (non-hydrogen) atoms. The van der Waals surface area contributed by atoms with Crippen LogP contribution in [0, 0.1) is 11.7 Å². The Kier molecular flexibility index (Phi) is 6.77. The van der Waals surface area contributed by atoms with Crippen LogP contribution in [0.1, 0.15) is 16.4 Å². The lowest BCUT2D eigenvalue weighted by Crippen LogP contribution is -2.33. The van der Waals surface area contributed by atoms with Crippen LogP contribution in [0.25, 0.3) is 0 Å².